The Kier molecular flexibility index (Phi) is 3.32. The van der Waals surface area contributed by atoms with Gasteiger partial charge >= 0.3 is 0 Å². The van der Waals surface area contributed by atoms with Crippen molar-refractivity contribution in [2.75, 3.05) is 4.90 Å². The Labute approximate surface area is 165 Å². The molecule has 1 saturated carbocycles. The number of benzene rings is 1. The van der Waals surface area contributed by atoms with Crippen LogP contribution in [0.1, 0.15) is 56.0 Å². The molecule has 2 aliphatic heterocycles. The van der Waals surface area contributed by atoms with Gasteiger partial charge in [0, 0.05) is 35.8 Å². The highest BCUT2D eigenvalue weighted by Crippen LogP contribution is 2.55. The lowest BCUT2D eigenvalue weighted by molar-refractivity contribution is 0.268. The molecule has 0 saturated heterocycles. The zero-order valence-electron chi connectivity index (χ0n) is 16.7. The van der Waals surface area contributed by atoms with Gasteiger partial charge in [0.2, 0.25) is 0 Å². The highest BCUT2D eigenvalue weighted by molar-refractivity contribution is 5.96. The molecule has 1 unspecified atom stereocenters. The third kappa shape index (κ3) is 1.96. The molecule has 1 fully saturated rings. The van der Waals surface area contributed by atoms with Crippen LogP contribution in [0.3, 0.4) is 0 Å². The number of pyridine rings is 1. The third-order valence-electron chi connectivity index (χ3n) is 7.38. The van der Waals surface area contributed by atoms with Crippen LogP contribution in [0.2, 0.25) is 0 Å². The molecule has 3 aromatic rings. The first-order valence-electron chi connectivity index (χ1n) is 10.6. The van der Waals surface area contributed by atoms with Gasteiger partial charge in [-0.2, -0.15) is 0 Å². The molecule has 1 spiro atoms. The minimum atomic E-state index is 0.222. The van der Waals surface area contributed by atoms with Gasteiger partial charge in [-0.3, -0.25) is 0 Å². The molecule has 4 nitrogen and oxygen atoms in total. The fourth-order valence-corrected chi connectivity index (χ4v) is 5.99. The van der Waals surface area contributed by atoms with Crippen molar-refractivity contribution in [3.63, 3.8) is 0 Å². The van der Waals surface area contributed by atoms with E-state index in [1.165, 1.54) is 54.4 Å². The van der Waals surface area contributed by atoms with Gasteiger partial charge in [-0.15, -0.1) is 0 Å². The first-order valence-corrected chi connectivity index (χ1v) is 10.6. The predicted octanol–water partition coefficient (Wildman–Crippen LogP) is 5.51. The van der Waals surface area contributed by atoms with Crippen LogP contribution in [0.15, 0.2) is 36.5 Å². The quantitative estimate of drug-likeness (QED) is 0.566. The first-order chi connectivity index (χ1) is 13.7. The minimum absolute atomic E-state index is 0.222. The van der Waals surface area contributed by atoms with E-state index in [2.05, 4.69) is 59.9 Å². The molecular formula is C24H26N4. The normalized spacial score (nSPS) is 22.2. The molecule has 0 N–H and O–H groups in total. The number of aryl methyl sites for hydroxylation is 1. The minimum Gasteiger partial charge on any atom is -0.320 e. The molecule has 1 aromatic carbocycles. The Hall–Kier alpha value is -2.62. The van der Waals surface area contributed by atoms with Crippen molar-refractivity contribution in [2.45, 2.75) is 63.8 Å². The number of nitrogens with zero attached hydrogens (tertiary/aromatic N) is 4. The second kappa shape index (κ2) is 5.69. The molecule has 2 aromatic heterocycles. The van der Waals surface area contributed by atoms with E-state index in [-0.39, 0.29) is 5.41 Å². The van der Waals surface area contributed by atoms with E-state index in [0.717, 1.165) is 23.6 Å². The number of allylic oxidation sites excluding steroid dienone is 1. The lowest BCUT2D eigenvalue weighted by atomic mass is 9.67. The molecule has 0 radical (unpaired) electrons. The fraction of sp³-hybridized carbons (Fsp3) is 0.417. The lowest BCUT2D eigenvalue weighted by Gasteiger charge is -2.40. The Morgan fingerprint density at radius 2 is 1.96 bits per heavy atom. The van der Waals surface area contributed by atoms with Crippen LogP contribution < -0.4 is 4.90 Å². The summed E-state index contributed by atoms with van der Waals surface area (Å²) in [5.74, 6) is 2.30. The third-order valence-corrected chi connectivity index (χ3v) is 7.38. The summed E-state index contributed by atoms with van der Waals surface area (Å²) < 4.78 is 2.29. The molecule has 142 valence electrons. The maximum absolute atomic E-state index is 4.92. The first kappa shape index (κ1) is 16.3. The maximum Gasteiger partial charge on any atom is 0.137 e. The van der Waals surface area contributed by atoms with Crippen LogP contribution in [0.4, 0.5) is 11.5 Å². The largest absolute Gasteiger partial charge is 0.320 e. The SMILES string of the molecule is Cc1ccc2nc3n(c2c1N1c2ncccc2C2(CCCCC2)C1C)C=CC3. The topological polar surface area (TPSA) is 34.0 Å². The summed E-state index contributed by atoms with van der Waals surface area (Å²) in [5.41, 5.74) is 6.59. The van der Waals surface area contributed by atoms with Gasteiger partial charge < -0.3 is 9.47 Å². The van der Waals surface area contributed by atoms with E-state index < -0.39 is 0 Å². The predicted molar refractivity (Wildman–Crippen MR) is 114 cm³/mol. The molecule has 1 aliphatic carbocycles. The molecule has 1 atom stereocenters. The Morgan fingerprint density at radius 3 is 2.82 bits per heavy atom. The summed E-state index contributed by atoms with van der Waals surface area (Å²) in [4.78, 5) is 12.4. The molecular weight excluding hydrogens is 344 g/mol. The number of hydrogen-bond donors (Lipinski definition) is 0. The van der Waals surface area contributed by atoms with Crippen molar-refractivity contribution in [2.24, 2.45) is 0 Å². The van der Waals surface area contributed by atoms with E-state index in [0.29, 0.717) is 6.04 Å². The summed E-state index contributed by atoms with van der Waals surface area (Å²) >= 11 is 0. The van der Waals surface area contributed by atoms with Crippen LogP contribution in [-0.2, 0) is 11.8 Å². The highest BCUT2D eigenvalue weighted by atomic mass is 15.3. The maximum atomic E-state index is 4.92. The average Bonchev–Trinajstić information content (AvgIpc) is 3.37. The van der Waals surface area contributed by atoms with Gasteiger partial charge in [0.1, 0.15) is 11.6 Å². The van der Waals surface area contributed by atoms with Crippen molar-refractivity contribution in [1.82, 2.24) is 14.5 Å². The van der Waals surface area contributed by atoms with Crippen molar-refractivity contribution >= 4 is 28.7 Å². The van der Waals surface area contributed by atoms with Gasteiger partial charge in [0.15, 0.2) is 0 Å². The summed E-state index contributed by atoms with van der Waals surface area (Å²) in [5, 5.41) is 0. The Morgan fingerprint density at radius 1 is 1.11 bits per heavy atom. The molecule has 3 aliphatic rings. The Bertz CT molecular complexity index is 1120. The highest BCUT2D eigenvalue weighted by Gasteiger charge is 2.50. The number of anilines is 2. The molecule has 0 bridgehead atoms. The van der Waals surface area contributed by atoms with Crippen LogP contribution >= 0.6 is 0 Å². The van der Waals surface area contributed by atoms with Gasteiger partial charge in [-0.25, -0.2) is 9.97 Å². The fourth-order valence-electron chi connectivity index (χ4n) is 5.99. The van der Waals surface area contributed by atoms with Gasteiger partial charge in [-0.1, -0.05) is 37.5 Å². The van der Waals surface area contributed by atoms with E-state index in [4.69, 9.17) is 9.97 Å². The number of aromatic nitrogens is 3. The standard InChI is InChI=1S/C24H26N4/c1-16-10-11-19-22(27-15-7-9-20(27)26-19)21(16)28-17(2)24(12-4-3-5-13-24)18-8-6-14-25-23(18)28/h6-8,10-11,14-15,17H,3-5,9,12-13H2,1-2H3. The molecule has 4 heterocycles. The van der Waals surface area contributed by atoms with E-state index >= 15 is 0 Å². The second-order valence-corrected chi connectivity index (χ2v) is 8.72. The summed E-state index contributed by atoms with van der Waals surface area (Å²) in [6.07, 6.45) is 13.8. The second-order valence-electron chi connectivity index (χ2n) is 8.72. The lowest BCUT2D eigenvalue weighted by Crippen LogP contribution is -2.42. The number of rotatable bonds is 1. The monoisotopic (exact) mass is 370 g/mol. The molecule has 4 heteroatoms. The van der Waals surface area contributed by atoms with Gasteiger partial charge in [0.25, 0.3) is 0 Å². The Balaban J connectivity index is 1.64. The summed E-state index contributed by atoms with van der Waals surface area (Å²) in [6.45, 7) is 4.65. The number of imidazole rings is 1. The average molecular weight is 371 g/mol. The molecule has 6 rings (SSSR count). The molecule has 0 amide bonds. The number of fused-ring (bicyclic) bond motifs is 5. The van der Waals surface area contributed by atoms with Crippen LogP contribution in [0.25, 0.3) is 17.2 Å². The van der Waals surface area contributed by atoms with Crippen molar-refractivity contribution in [3.05, 3.63) is 53.5 Å². The van der Waals surface area contributed by atoms with E-state index in [9.17, 15) is 0 Å². The van der Waals surface area contributed by atoms with Gasteiger partial charge in [-0.05, 0) is 44.4 Å². The summed E-state index contributed by atoms with van der Waals surface area (Å²) in [7, 11) is 0. The zero-order chi connectivity index (χ0) is 18.9. The van der Waals surface area contributed by atoms with Crippen LogP contribution in [0.5, 0.6) is 0 Å². The van der Waals surface area contributed by atoms with E-state index in [1.54, 1.807) is 0 Å². The van der Waals surface area contributed by atoms with Gasteiger partial charge in [0.05, 0.1) is 16.7 Å². The summed E-state index contributed by atoms with van der Waals surface area (Å²) in [6, 6.07) is 9.26. The van der Waals surface area contributed by atoms with Crippen molar-refractivity contribution in [1.29, 1.82) is 0 Å². The van der Waals surface area contributed by atoms with Crippen molar-refractivity contribution < 1.29 is 0 Å². The van der Waals surface area contributed by atoms with Crippen LogP contribution in [-0.4, -0.2) is 20.6 Å². The molecule has 28 heavy (non-hydrogen) atoms. The van der Waals surface area contributed by atoms with Crippen molar-refractivity contribution in [3.8, 4) is 0 Å². The van der Waals surface area contributed by atoms with E-state index in [1.807, 2.05) is 6.20 Å². The smallest absolute Gasteiger partial charge is 0.137 e. The number of hydrogen-bond acceptors (Lipinski definition) is 3. The zero-order valence-corrected chi connectivity index (χ0v) is 16.7. The van der Waals surface area contributed by atoms with Crippen LogP contribution in [0, 0.1) is 6.92 Å².